The smallest absolute Gasteiger partial charge is 0.110 e. The van der Waals surface area contributed by atoms with Crippen molar-refractivity contribution in [1.29, 1.82) is 5.26 Å². The Kier molecular flexibility index (Phi) is 4.31. The minimum atomic E-state index is 0.219. The molecule has 1 heterocycles. The lowest BCUT2D eigenvalue weighted by Gasteiger charge is -2.28. The number of rotatable bonds is 5. The molecule has 0 aromatic carbocycles. The van der Waals surface area contributed by atoms with Crippen LogP contribution < -0.4 is 5.32 Å². The quantitative estimate of drug-likeness (QED) is 0.829. The first-order valence-electron chi connectivity index (χ1n) is 5.37. The van der Waals surface area contributed by atoms with Crippen molar-refractivity contribution >= 4 is 11.3 Å². The van der Waals surface area contributed by atoms with Crippen molar-refractivity contribution in [2.45, 2.75) is 45.7 Å². The second-order valence-electron chi connectivity index (χ2n) is 4.00. The van der Waals surface area contributed by atoms with Gasteiger partial charge in [0.15, 0.2) is 0 Å². The van der Waals surface area contributed by atoms with Crippen LogP contribution in [-0.4, -0.2) is 5.54 Å². The summed E-state index contributed by atoms with van der Waals surface area (Å²) in [5, 5.41) is 12.3. The van der Waals surface area contributed by atoms with Crippen molar-refractivity contribution in [2.24, 2.45) is 0 Å². The molecule has 0 saturated carbocycles. The van der Waals surface area contributed by atoms with Gasteiger partial charge in [-0.15, -0.1) is 11.3 Å². The molecule has 1 rings (SSSR count). The Bertz CT molecular complexity index is 345. The van der Waals surface area contributed by atoms with Crippen LogP contribution >= 0.6 is 11.3 Å². The lowest BCUT2D eigenvalue weighted by molar-refractivity contribution is 0.330. The van der Waals surface area contributed by atoms with Crippen molar-refractivity contribution in [3.8, 4) is 6.07 Å². The maximum absolute atomic E-state index is 8.71. The molecule has 1 aromatic heterocycles. The molecule has 3 heteroatoms. The van der Waals surface area contributed by atoms with Gasteiger partial charge in [0.25, 0.3) is 0 Å². The summed E-state index contributed by atoms with van der Waals surface area (Å²) in [7, 11) is 0. The van der Waals surface area contributed by atoms with Gasteiger partial charge < -0.3 is 5.32 Å². The molecule has 0 aliphatic rings. The van der Waals surface area contributed by atoms with E-state index in [9.17, 15) is 0 Å². The van der Waals surface area contributed by atoms with E-state index in [2.05, 4.69) is 32.2 Å². The minimum Gasteiger partial charge on any atom is -0.307 e. The standard InChI is InChI=1S/C12H18N2S/c1-4-12(3,5-2)14-9-11-7-6-10(8-13)15-11/h6-7,14H,4-5,9H2,1-3H3. The predicted molar refractivity (Wildman–Crippen MR) is 64.9 cm³/mol. The van der Waals surface area contributed by atoms with Crippen LogP contribution in [0.2, 0.25) is 0 Å². The average Bonchev–Trinajstić information content (AvgIpc) is 2.74. The number of nitrogens with one attached hydrogen (secondary N) is 1. The van der Waals surface area contributed by atoms with E-state index in [0.29, 0.717) is 0 Å². The van der Waals surface area contributed by atoms with E-state index in [1.54, 1.807) is 11.3 Å². The lowest BCUT2D eigenvalue weighted by Crippen LogP contribution is -2.40. The van der Waals surface area contributed by atoms with Gasteiger partial charge in [0.05, 0.1) is 0 Å². The van der Waals surface area contributed by atoms with E-state index in [-0.39, 0.29) is 5.54 Å². The highest BCUT2D eigenvalue weighted by molar-refractivity contribution is 7.12. The van der Waals surface area contributed by atoms with E-state index in [1.165, 1.54) is 4.88 Å². The van der Waals surface area contributed by atoms with Crippen LogP contribution in [-0.2, 0) is 6.54 Å². The second-order valence-corrected chi connectivity index (χ2v) is 5.17. The molecule has 82 valence electrons. The van der Waals surface area contributed by atoms with Gasteiger partial charge in [-0.05, 0) is 31.9 Å². The Morgan fingerprint density at radius 1 is 1.40 bits per heavy atom. The van der Waals surface area contributed by atoms with Gasteiger partial charge in [-0.25, -0.2) is 0 Å². The zero-order valence-electron chi connectivity index (χ0n) is 9.63. The Morgan fingerprint density at radius 2 is 2.07 bits per heavy atom. The Morgan fingerprint density at radius 3 is 2.53 bits per heavy atom. The summed E-state index contributed by atoms with van der Waals surface area (Å²) in [6.45, 7) is 7.51. The van der Waals surface area contributed by atoms with Gasteiger partial charge in [0.1, 0.15) is 10.9 Å². The van der Waals surface area contributed by atoms with Crippen LogP contribution in [0.3, 0.4) is 0 Å². The van der Waals surface area contributed by atoms with Crippen molar-refractivity contribution in [3.05, 3.63) is 21.9 Å². The fraction of sp³-hybridized carbons (Fsp3) is 0.583. The molecule has 1 N–H and O–H groups in total. The summed E-state index contributed by atoms with van der Waals surface area (Å²) < 4.78 is 0. The molecular weight excluding hydrogens is 204 g/mol. The van der Waals surface area contributed by atoms with Gasteiger partial charge in [0, 0.05) is 17.0 Å². The summed E-state index contributed by atoms with van der Waals surface area (Å²) in [6.07, 6.45) is 2.25. The zero-order valence-corrected chi connectivity index (χ0v) is 10.4. The lowest BCUT2D eigenvalue weighted by atomic mass is 9.96. The average molecular weight is 222 g/mol. The first-order chi connectivity index (χ1) is 7.13. The molecule has 0 aliphatic carbocycles. The Balaban J connectivity index is 2.53. The number of thiophene rings is 1. The van der Waals surface area contributed by atoms with E-state index in [4.69, 9.17) is 5.26 Å². The molecule has 0 spiro atoms. The fourth-order valence-electron chi connectivity index (χ4n) is 1.33. The van der Waals surface area contributed by atoms with Crippen LogP contribution in [0.25, 0.3) is 0 Å². The number of nitriles is 1. The number of hydrogen-bond acceptors (Lipinski definition) is 3. The first-order valence-corrected chi connectivity index (χ1v) is 6.19. The van der Waals surface area contributed by atoms with E-state index >= 15 is 0 Å². The predicted octanol–water partition coefficient (Wildman–Crippen LogP) is 3.29. The molecule has 0 amide bonds. The van der Waals surface area contributed by atoms with Crippen LogP contribution in [0.5, 0.6) is 0 Å². The molecule has 1 aromatic rings. The van der Waals surface area contributed by atoms with Crippen LogP contribution in [0.1, 0.15) is 43.4 Å². The molecule has 0 aliphatic heterocycles. The summed E-state index contributed by atoms with van der Waals surface area (Å²) in [6, 6.07) is 6.08. The highest BCUT2D eigenvalue weighted by atomic mass is 32.1. The third-order valence-corrected chi connectivity index (χ3v) is 4.01. The van der Waals surface area contributed by atoms with Crippen LogP contribution in [0.4, 0.5) is 0 Å². The normalized spacial score (nSPS) is 11.3. The van der Waals surface area contributed by atoms with E-state index < -0.39 is 0 Å². The molecule has 0 saturated heterocycles. The topological polar surface area (TPSA) is 35.8 Å². The Labute approximate surface area is 95.9 Å². The summed E-state index contributed by atoms with van der Waals surface area (Å²) in [5.41, 5.74) is 0.219. The molecule has 0 bridgehead atoms. The highest BCUT2D eigenvalue weighted by Gasteiger charge is 2.18. The molecule has 0 atom stereocenters. The SMILES string of the molecule is CCC(C)(CC)NCc1ccc(C#N)s1. The second kappa shape index (κ2) is 5.29. The third kappa shape index (κ3) is 3.33. The summed E-state index contributed by atoms with van der Waals surface area (Å²) in [4.78, 5) is 2.03. The highest BCUT2D eigenvalue weighted by Crippen LogP contribution is 2.18. The molecular formula is C12H18N2S. The number of hydrogen-bond donors (Lipinski definition) is 1. The van der Waals surface area contributed by atoms with Gasteiger partial charge in [0.2, 0.25) is 0 Å². The first kappa shape index (κ1) is 12.2. The van der Waals surface area contributed by atoms with Gasteiger partial charge >= 0.3 is 0 Å². The van der Waals surface area contributed by atoms with Crippen molar-refractivity contribution in [2.75, 3.05) is 0 Å². The Hall–Kier alpha value is -0.850. The zero-order chi connectivity index (χ0) is 11.3. The van der Waals surface area contributed by atoms with Gasteiger partial charge in [-0.2, -0.15) is 5.26 Å². The summed E-state index contributed by atoms with van der Waals surface area (Å²) >= 11 is 1.57. The van der Waals surface area contributed by atoms with E-state index in [0.717, 1.165) is 24.3 Å². The van der Waals surface area contributed by atoms with Crippen molar-refractivity contribution in [1.82, 2.24) is 5.32 Å². The van der Waals surface area contributed by atoms with Crippen molar-refractivity contribution in [3.63, 3.8) is 0 Å². The molecule has 0 unspecified atom stereocenters. The fourth-order valence-corrected chi connectivity index (χ4v) is 2.08. The van der Waals surface area contributed by atoms with E-state index in [1.807, 2.05) is 12.1 Å². The summed E-state index contributed by atoms with van der Waals surface area (Å²) in [5.74, 6) is 0. The van der Waals surface area contributed by atoms with Gasteiger partial charge in [-0.3, -0.25) is 0 Å². The van der Waals surface area contributed by atoms with Crippen molar-refractivity contribution < 1.29 is 0 Å². The van der Waals surface area contributed by atoms with Gasteiger partial charge in [-0.1, -0.05) is 13.8 Å². The number of nitrogens with zero attached hydrogens (tertiary/aromatic N) is 1. The van der Waals surface area contributed by atoms with Crippen LogP contribution in [0.15, 0.2) is 12.1 Å². The maximum atomic E-state index is 8.71. The largest absolute Gasteiger partial charge is 0.307 e. The molecule has 15 heavy (non-hydrogen) atoms. The van der Waals surface area contributed by atoms with Crippen LogP contribution in [0, 0.1) is 11.3 Å². The third-order valence-electron chi connectivity index (χ3n) is 3.02. The monoisotopic (exact) mass is 222 g/mol. The maximum Gasteiger partial charge on any atom is 0.110 e. The minimum absolute atomic E-state index is 0.219. The molecule has 2 nitrogen and oxygen atoms in total. The molecule has 0 radical (unpaired) electrons. The molecule has 0 fully saturated rings.